The summed E-state index contributed by atoms with van der Waals surface area (Å²) in [5.41, 5.74) is 17.3. The Morgan fingerprint density at radius 2 is 2.02 bits per heavy atom. The van der Waals surface area contributed by atoms with Crippen LogP contribution >= 0.6 is 83.4 Å². The number of hydrogen-bond acceptors (Lipinski definition) is 15. The Bertz CT molecular complexity index is 1260. The Morgan fingerprint density at radius 3 is 2.62 bits per heavy atom. The van der Waals surface area contributed by atoms with E-state index < -0.39 is 29.2 Å². The van der Waals surface area contributed by atoms with Crippen LogP contribution < -0.4 is 22.5 Å². The van der Waals surface area contributed by atoms with E-state index in [4.69, 9.17) is 22.0 Å². The van der Waals surface area contributed by atoms with E-state index in [0.29, 0.717) is 39.4 Å². The van der Waals surface area contributed by atoms with Gasteiger partial charge < -0.3 is 32.5 Å². The Balaban J connectivity index is 0.00000267. The zero-order chi connectivity index (χ0) is 26.5. The summed E-state index contributed by atoms with van der Waals surface area (Å²) in [5.74, 6) is -1.75. The van der Waals surface area contributed by atoms with Gasteiger partial charge in [0.25, 0.3) is 11.8 Å². The minimum atomic E-state index is -1.22. The number of aromatic nitrogens is 3. The molecule has 0 spiro atoms. The second kappa shape index (κ2) is 16.5. The first-order chi connectivity index (χ1) is 17.8. The van der Waals surface area contributed by atoms with Crippen LogP contribution in [0.25, 0.3) is 0 Å². The fraction of sp³-hybridized carbons (Fsp3) is 0.421. The minimum Gasteiger partial charge on any atom is -0.477 e. The molecular formula is C19H26Cl3N9O5S4. The fourth-order valence-electron chi connectivity index (χ4n) is 3.39. The number of nitrogens with two attached hydrogens (primary N) is 3. The molecule has 0 radical (unpaired) electrons. The number of halogens is 3. The number of fused-ring (bicyclic) bond motifs is 1. The summed E-state index contributed by atoms with van der Waals surface area (Å²) >= 11 is 5.15. The second-order valence-corrected chi connectivity index (χ2v) is 11.8. The summed E-state index contributed by atoms with van der Waals surface area (Å²) in [4.78, 5) is 48.6. The molecule has 4 heterocycles. The molecule has 40 heavy (non-hydrogen) atoms. The third-order valence-corrected chi connectivity index (χ3v) is 9.28. The number of nitrogen functional groups attached to an aromatic ring is 1. The molecule has 1 unspecified atom stereocenters. The van der Waals surface area contributed by atoms with E-state index >= 15 is 0 Å². The number of amides is 2. The van der Waals surface area contributed by atoms with Crippen LogP contribution in [0.5, 0.6) is 0 Å². The quantitative estimate of drug-likeness (QED) is 0.0685. The molecule has 0 bridgehead atoms. The van der Waals surface area contributed by atoms with Gasteiger partial charge >= 0.3 is 5.97 Å². The SMILES string of the molecule is Cl.Cl.Cl.NCCCO/N=C(\C(=O)NC1C(=O)N2C(C(=O)O)=C(CSc3nnc(CN)s3)CS[C@H]12)c1csc(N)n1. The first kappa shape index (κ1) is 36.1. The number of thioether (sulfide) groups is 2. The van der Waals surface area contributed by atoms with Gasteiger partial charge in [-0.05, 0) is 18.5 Å². The molecule has 222 valence electrons. The Labute approximate surface area is 263 Å². The van der Waals surface area contributed by atoms with E-state index in [9.17, 15) is 19.5 Å². The van der Waals surface area contributed by atoms with E-state index in [1.807, 2.05) is 0 Å². The molecule has 2 amide bonds. The van der Waals surface area contributed by atoms with Crippen LogP contribution in [0.1, 0.15) is 17.1 Å². The van der Waals surface area contributed by atoms with Gasteiger partial charge in [0.05, 0.1) is 0 Å². The van der Waals surface area contributed by atoms with Crippen LogP contribution in [0.15, 0.2) is 26.1 Å². The smallest absolute Gasteiger partial charge is 0.352 e. The van der Waals surface area contributed by atoms with Gasteiger partial charge in [-0.2, -0.15) is 0 Å². The molecule has 14 nitrogen and oxygen atoms in total. The van der Waals surface area contributed by atoms with Crippen molar-refractivity contribution in [1.82, 2.24) is 25.4 Å². The van der Waals surface area contributed by atoms with E-state index in [-0.39, 0.29) is 72.6 Å². The number of nitrogens with zero attached hydrogens (tertiary/aromatic N) is 5. The number of thiazole rings is 1. The molecule has 4 rings (SSSR count). The molecule has 0 saturated carbocycles. The van der Waals surface area contributed by atoms with Crippen molar-refractivity contribution in [3.8, 4) is 0 Å². The largest absolute Gasteiger partial charge is 0.477 e. The molecule has 0 aromatic carbocycles. The standard InChI is InChI=1S/C19H23N9O5S4.3ClH/c20-2-1-3-33-27-11(9-7-35-18(22)23-9)14(29)24-12-15(30)28-13(17(31)32)8(5-34-16(12)28)6-36-19-26-25-10(4-21)37-19;;;/h7,12,16H,1-6,20-21H2,(H2,22,23)(H,24,29)(H,31,32);3*1H/b27-11-;;;/t12?,16-;;;/m1.../s1. The number of carbonyl (C=O) groups excluding carboxylic acids is 2. The highest BCUT2D eigenvalue weighted by molar-refractivity contribution is 8.01. The van der Waals surface area contributed by atoms with Gasteiger partial charge in [0, 0.05) is 23.4 Å². The average molecular weight is 695 g/mol. The molecule has 0 aliphatic carbocycles. The van der Waals surface area contributed by atoms with Gasteiger partial charge in [-0.25, -0.2) is 9.78 Å². The predicted octanol–water partition coefficient (Wildman–Crippen LogP) is 0.901. The molecule has 21 heteroatoms. The minimum absolute atomic E-state index is 0. The van der Waals surface area contributed by atoms with Gasteiger partial charge in [-0.1, -0.05) is 28.3 Å². The van der Waals surface area contributed by atoms with Crippen molar-refractivity contribution in [2.45, 2.75) is 28.7 Å². The number of carbonyl (C=O) groups is 3. The van der Waals surface area contributed by atoms with Crippen LogP contribution in [0.3, 0.4) is 0 Å². The predicted molar refractivity (Wildman–Crippen MR) is 163 cm³/mol. The zero-order valence-electron chi connectivity index (χ0n) is 20.4. The number of aliphatic carboxylic acids is 1. The lowest BCUT2D eigenvalue weighted by Gasteiger charge is -2.49. The summed E-state index contributed by atoms with van der Waals surface area (Å²) in [6.45, 7) is 0.859. The summed E-state index contributed by atoms with van der Waals surface area (Å²) in [6, 6.07) is -0.943. The van der Waals surface area contributed by atoms with Crippen molar-refractivity contribution in [3.63, 3.8) is 0 Å². The Kier molecular flexibility index (Phi) is 14.9. The lowest BCUT2D eigenvalue weighted by atomic mass is 10.0. The molecule has 8 N–H and O–H groups in total. The zero-order valence-corrected chi connectivity index (χ0v) is 26.1. The lowest BCUT2D eigenvalue weighted by molar-refractivity contribution is -0.150. The van der Waals surface area contributed by atoms with Crippen LogP contribution in [0, 0.1) is 0 Å². The maximum absolute atomic E-state index is 13.1. The van der Waals surface area contributed by atoms with Crippen LogP contribution in [0.4, 0.5) is 5.13 Å². The van der Waals surface area contributed by atoms with E-state index in [0.717, 1.165) is 11.3 Å². The van der Waals surface area contributed by atoms with Gasteiger partial charge in [-0.3, -0.25) is 14.5 Å². The van der Waals surface area contributed by atoms with Gasteiger partial charge in [-0.15, -0.1) is 70.5 Å². The fourth-order valence-corrected chi connectivity index (χ4v) is 7.20. The van der Waals surface area contributed by atoms with Crippen molar-refractivity contribution in [2.75, 3.05) is 30.4 Å². The highest BCUT2D eigenvalue weighted by Gasteiger charge is 2.54. The number of anilines is 1. The Hall–Kier alpha value is -1.90. The summed E-state index contributed by atoms with van der Waals surface area (Å²) in [7, 11) is 0. The number of hydrogen-bond donors (Lipinski definition) is 5. The molecule has 2 aromatic heterocycles. The molecule has 2 aliphatic rings. The average Bonchev–Trinajstić information content (AvgIpc) is 3.53. The third kappa shape index (κ3) is 8.10. The van der Waals surface area contributed by atoms with Crippen molar-refractivity contribution in [2.24, 2.45) is 16.6 Å². The molecule has 1 saturated heterocycles. The summed E-state index contributed by atoms with van der Waals surface area (Å²) < 4.78 is 0.660. The van der Waals surface area contributed by atoms with Gasteiger partial charge in [0.15, 0.2) is 15.2 Å². The highest BCUT2D eigenvalue weighted by atomic mass is 35.5. The van der Waals surface area contributed by atoms with Crippen molar-refractivity contribution >= 4 is 112 Å². The van der Waals surface area contributed by atoms with E-state index in [1.165, 1.54) is 39.8 Å². The molecule has 2 aromatic rings. The van der Waals surface area contributed by atoms with E-state index in [2.05, 4.69) is 25.7 Å². The van der Waals surface area contributed by atoms with Crippen molar-refractivity contribution in [3.05, 3.63) is 27.4 Å². The second-order valence-electron chi connectivity index (χ2n) is 7.56. The normalized spacial score (nSPS) is 18.0. The number of β-lactam (4-membered cyclic amide) rings is 1. The maximum Gasteiger partial charge on any atom is 0.352 e. The van der Waals surface area contributed by atoms with Crippen LogP contribution in [-0.4, -0.2) is 84.8 Å². The molecule has 2 aliphatic heterocycles. The molecule has 1 fully saturated rings. The number of nitrogens with one attached hydrogen (secondary N) is 1. The number of oxime groups is 1. The maximum atomic E-state index is 13.1. The first-order valence-corrected chi connectivity index (χ1v) is 14.5. The highest BCUT2D eigenvalue weighted by Crippen LogP contribution is 2.41. The topological polar surface area (TPSA) is 225 Å². The van der Waals surface area contributed by atoms with Gasteiger partial charge in [0.2, 0.25) is 0 Å². The third-order valence-electron chi connectivity index (χ3n) is 5.10. The molecular weight excluding hydrogens is 669 g/mol. The Morgan fingerprint density at radius 1 is 1.27 bits per heavy atom. The number of carboxylic acids is 1. The van der Waals surface area contributed by atoms with Crippen molar-refractivity contribution < 1.29 is 24.3 Å². The molecule has 2 atom stereocenters. The lowest BCUT2D eigenvalue weighted by Crippen LogP contribution is -2.71. The van der Waals surface area contributed by atoms with E-state index in [1.54, 1.807) is 5.38 Å². The van der Waals surface area contributed by atoms with Crippen LogP contribution in [0.2, 0.25) is 0 Å². The van der Waals surface area contributed by atoms with Gasteiger partial charge in [0.1, 0.15) is 34.4 Å². The first-order valence-electron chi connectivity index (χ1n) is 10.8. The number of carboxylic acid groups (broad SMARTS) is 1. The summed E-state index contributed by atoms with van der Waals surface area (Å²) in [5, 5.41) is 26.3. The van der Waals surface area contributed by atoms with Crippen molar-refractivity contribution in [1.29, 1.82) is 0 Å². The summed E-state index contributed by atoms with van der Waals surface area (Å²) in [6.07, 6.45) is 0.532. The monoisotopic (exact) mass is 693 g/mol. The van der Waals surface area contributed by atoms with Crippen LogP contribution in [-0.2, 0) is 25.8 Å². The number of rotatable bonds is 12.